The van der Waals surface area contributed by atoms with Crippen LogP contribution in [0.3, 0.4) is 0 Å². The Morgan fingerprint density at radius 2 is 2.22 bits per heavy atom. The molecule has 18 heavy (non-hydrogen) atoms. The van der Waals surface area contributed by atoms with Crippen LogP contribution in [0.1, 0.15) is 30.3 Å². The van der Waals surface area contributed by atoms with Crippen molar-refractivity contribution in [2.45, 2.75) is 32.2 Å². The molecule has 0 saturated carbocycles. The summed E-state index contributed by atoms with van der Waals surface area (Å²) in [7, 11) is 0. The minimum Gasteiger partial charge on any atom is -0.394 e. The summed E-state index contributed by atoms with van der Waals surface area (Å²) in [6, 6.07) is 8.24. The molecule has 4 heteroatoms. The van der Waals surface area contributed by atoms with Crippen molar-refractivity contribution >= 4 is 0 Å². The number of rotatable bonds is 2. The largest absolute Gasteiger partial charge is 0.394 e. The molecule has 0 saturated heterocycles. The fraction of sp³-hybridized carbons (Fsp3) is 0.429. The van der Waals surface area contributed by atoms with Crippen molar-refractivity contribution in [1.29, 1.82) is 0 Å². The summed E-state index contributed by atoms with van der Waals surface area (Å²) in [5.41, 5.74) is 2.26. The van der Waals surface area contributed by atoms with Gasteiger partial charge in [-0.05, 0) is 25.3 Å². The van der Waals surface area contributed by atoms with Crippen molar-refractivity contribution in [3.63, 3.8) is 0 Å². The van der Waals surface area contributed by atoms with Gasteiger partial charge in [0.2, 0.25) is 0 Å². The Morgan fingerprint density at radius 3 is 3.00 bits per heavy atom. The SMILES string of the molecule is Cc1ccccc1-c1nc2n(n1)C(CO)CCC2. The molecule has 0 spiro atoms. The van der Waals surface area contributed by atoms with Crippen molar-refractivity contribution in [2.75, 3.05) is 6.61 Å². The van der Waals surface area contributed by atoms with Crippen molar-refractivity contribution in [1.82, 2.24) is 14.8 Å². The molecule has 4 nitrogen and oxygen atoms in total. The lowest BCUT2D eigenvalue weighted by molar-refractivity contribution is 0.195. The van der Waals surface area contributed by atoms with Gasteiger partial charge in [-0.15, -0.1) is 0 Å². The standard InChI is InChI=1S/C14H17N3O/c1-10-5-2-3-7-12(10)14-15-13-8-4-6-11(9-18)17(13)16-14/h2-3,5,7,11,18H,4,6,8-9H2,1H3. The van der Waals surface area contributed by atoms with Crippen molar-refractivity contribution in [2.24, 2.45) is 0 Å². The Kier molecular flexibility index (Phi) is 2.88. The fourth-order valence-electron chi connectivity index (χ4n) is 2.54. The van der Waals surface area contributed by atoms with Crippen LogP contribution in [0.2, 0.25) is 0 Å². The normalized spacial score (nSPS) is 18.7. The van der Waals surface area contributed by atoms with E-state index < -0.39 is 0 Å². The van der Waals surface area contributed by atoms with E-state index in [9.17, 15) is 5.11 Å². The molecule has 1 aliphatic rings. The van der Waals surface area contributed by atoms with Crippen LogP contribution in [-0.2, 0) is 6.42 Å². The van der Waals surface area contributed by atoms with Crippen LogP contribution in [0.15, 0.2) is 24.3 Å². The number of benzene rings is 1. The monoisotopic (exact) mass is 243 g/mol. The smallest absolute Gasteiger partial charge is 0.181 e. The van der Waals surface area contributed by atoms with Crippen LogP contribution in [0, 0.1) is 6.92 Å². The van der Waals surface area contributed by atoms with Crippen molar-refractivity contribution in [3.8, 4) is 11.4 Å². The quantitative estimate of drug-likeness (QED) is 0.879. The summed E-state index contributed by atoms with van der Waals surface area (Å²) in [5, 5.41) is 14.0. The third-order valence-electron chi connectivity index (χ3n) is 3.58. The summed E-state index contributed by atoms with van der Waals surface area (Å²) in [5.74, 6) is 1.78. The molecule has 1 unspecified atom stereocenters. The molecule has 3 rings (SSSR count). The van der Waals surface area contributed by atoms with E-state index in [0.29, 0.717) is 0 Å². The molecule has 94 valence electrons. The summed E-state index contributed by atoms with van der Waals surface area (Å²) < 4.78 is 1.91. The van der Waals surface area contributed by atoms with Gasteiger partial charge in [-0.25, -0.2) is 9.67 Å². The molecule has 0 radical (unpaired) electrons. The molecule has 0 bridgehead atoms. The molecule has 1 atom stereocenters. The second-order valence-corrected chi connectivity index (χ2v) is 4.84. The average Bonchev–Trinajstić information content (AvgIpc) is 2.82. The average molecular weight is 243 g/mol. The van der Waals surface area contributed by atoms with Crippen LogP contribution < -0.4 is 0 Å². The van der Waals surface area contributed by atoms with Crippen LogP contribution in [0.25, 0.3) is 11.4 Å². The second-order valence-electron chi connectivity index (χ2n) is 4.84. The molecule has 2 aromatic rings. The Balaban J connectivity index is 2.05. The first-order valence-electron chi connectivity index (χ1n) is 6.42. The molecule has 1 aliphatic heterocycles. The number of aromatic nitrogens is 3. The highest BCUT2D eigenvalue weighted by atomic mass is 16.3. The van der Waals surface area contributed by atoms with Gasteiger partial charge >= 0.3 is 0 Å². The molecular weight excluding hydrogens is 226 g/mol. The second kappa shape index (κ2) is 4.53. The van der Waals surface area contributed by atoms with Gasteiger partial charge in [0, 0.05) is 12.0 Å². The van der Waals surface area contributed by atoms with Gasteiger partial charge in [0.25, 0.3) is 0 Å². The summed E-state index contributed by atoms with van der Waals surface area (Å²) in [4.78, 5) is 4.62. The van der Waals surface area contributed by atoms with Crippen LogP contribution in [0.4, 0.5) is 0 Å². The summed E-state index contributed by atoms with van der Waals surface area (Å²) >= 11 is 0. The number of nitrogens with zero attached hydrogens (tertiary/aromatic N) is 3. The molecule has 2 heterocycles. The van der Waals surface area contributed by atoms with Crippen LogP contribution >= 0.6 is 0 Å². The van der Waals surface area contributed by atoms with Crippen molar-refractivity contribution in [3.05, 3.63) is 35.7 Å². The van der Waals surface area contributed by atoms with Gasteiger partial charge in [-0.3, -0.25) is 0 Å². The van der Waals surface area contributed by atoms with E-state index in [0.717, 1.165) is 36.5 Å². The molecule has 0 amide bonds. The Bertz CT molecular complexity index is 562. The first-order chi connectivity index (χ1) is 8.79. The minimum absolute atomic E-state index is 0.0963. The number of fused-ring (bicyclic) bond motifs is 1. The van der Waals surface area contributed by atoms with Crippen LogP contribution in [-0.4, -0.2) is 26.5 Å². The first-order valence-corrected chi connectivity index (χ1v) is 6.42. The highest BCUT2D eigenvalue weighted by molar-refractivity contribution is 5.59. The molecule has 0 aliphatic carbocycles. The zero-order valence-corrected chi connectivity index (χ0v) is 10.5. The molecule has 0 fully saturated rings. The first kappa shape index (κ1) is 11.4. The lowest BCUT2D eigenvalue weighted by Gasteiger charge is -2.20. The van der Waals surface area contributed by atoms with Gasteiger partial charge < -0.3 is 5.11 Å². The maximum Gasteiger partial charge on any atom is 0.181 e. The Morgan fingerprint density at radius 1 is 1.39 bits per heavy atom. The highest BCUT2D eigenvalue weighted by Gasteiger charge is 2.23. The topological polar surface area (TPSA) is 50.9 Å². The lowest BCUT2D eigenvalue weighted by Crippen LogP contribution is -2.21. The lowest BCUT2D eigenvalue weighted by atomic mass is 10.1. The molecular formula is C14H17N3O. The number of hydrogen-bond donors (Lipinski definition) is 1. The van der Waals surface area contributed by atoms with E-state index in [-0.39, 0.29) is 12.6 Å². The number of aryl methyl sites for hydroxylation is 2. The van der Waals surface area contributed by atoms with Gasteiger partial charge in [-0.1, -0.05) is 24.3 Å². The van der Waals surface area contributed by atoms with Gasteiger partial charge in [0.15, 0.2) is 5.82 Å². The van der Waals surface area contributed by atoms with Crippen molar-refractivity contribution < 1.29 is 5.11 Å². The third-order valence-corrected chi connectivity index (χ3v) is 3.58. The van der Waals surface area contributed by atoms with Gasteiger partial charge in [-0.2, -0.15) is 5.10 Å². The van der Waals surface area contributed by atoms with Gasteiger partial charge in [0.05, 0.1) is 12.6 Å². The van der Waals surface area contributed by atoms with E-state index in [1.807, 2.05) is 22.9 Å². The zero-order chi connectivity index (χ0) is 12.5. The molecule has 1 aromatic carbocycles. The molecule has 1 N–H and O–H groups in total. The minimum atomic E-state index is 0.0963. The number of hydrogen-bond acceptors (Lipinski definition) is 3. The zero-order valence-electron chi connectivity index (χ0n) is 10.5. The predicted molar refractivity (Wildman–Crippen MR) is 69.3 cm³/mol. The van der Waals surface area contributed by atoms with Crippen LogP contribution in [0.5, 0.6) is 0 Å². The summed E-state index contributed by atoms with van der Waals surface area (Å²) in [6.45, 7) is 2.21. The van der Waals surface area contributed by atoms with E-state index in [1.165, 1.54) is 5.56 Å². The maximum absolute atomic E-state index is 9.38. The number of aliphatic hydroxyl groups excluding tert-OH is 1. The number of aliphatic hydroxyl groups is 1. The maximum atomic E-state index is 9.38. The third kappa shape index (κ3) is 1.82. The summed E-state index contributed by atoms with van der Waals surface area (Å²) in [6.07, 6.45) is 3.02. The van der Waals surface area contributed by atoms with E-state index >= 15 is 0 Å². The van der Waals surface area contributed by atoms with E-state index in [1.54, 1.807) is 0 Å². The van der Waals surface area contributed by atoms with E-state index in [4.69, 9.17) is 0 Å². The Labute approximate surface area is 106 Å². The highest BCUT2D eigenvalue weighted by Crippen LogP contribution is 2.26. The fourth-order valence-corrected chi connectivity index (χ4v) is 2.54. The van der Waals surface area contributed by atoms with E-state index in [2.05, 4.69) is 23.1 Å². The predicted octanol–water partition coefficient (Wildman–Crippen LogP) is 2.12. The Hall–Kier alpha value is -1.68. The van der Waals surface area contributed by atoms with Gasteiger partial charge in [0.1, 0.15) is 5.82 Å². The molecule has 1 aromatic heterocycles.